The maximum absolute atomic E-state index is 12.3. The third kappa shape index (κ3) is 5.39. The largest absolute Gasteiger partial charge is 0.481 e. The van der Waals surface area contributed by atoms with Gasteiger partial charge < -0.3 is 37.3 Å². The number of fused-ring (bicyclic) bond motifs is 1. The molecule has 31 heavy (non-hydrogen) atoms. The number of H-pyrrole nitrogens is 1. The summed E-state index contributed by atoms with van der Waals surface area (Å²) in [6.07, 6.45) is 1.83. The summed E-state index contributed by atoms with van der Waals surface area (Å²) in [5.41, 5.74) is 13.0. The number of amides is 1. The fraction of sp³-hybridized carbons (Fsp3) is 0.278. The van der Waals surface area contributed by atoms with Crippen molar-refractivity contribution in [3.63, 3.8) is 0 Å². The lowest BCUT2D eigenvalue weighted by Gasteiger charge is -2.12. The molecule has 0 aliphatic carbocycles. The minimum atomic E-state index is -1.28. The number of carboxylic acid groups (broad SMARTS) is 2. The van der Waals surface area contributed by atoms with Gasteiger partial charge in [-0.05, 0) is 30.5 Å². The Morgan fingerprint density at radius 2 is 1.97 bits per heavy atom. The van der Waals surface area contributed by atoms with Gasteiger partial charge in [0.15, 0.2) is 0 Å². The number of aliphatic carboxylic acids is 2. The molecule has 13 heteroatoms. The molecule has 3 aromatic heterocycles. The summed E-state index contributed by atoms with van der Waals surface area (Å²) in [7, 11) is 0. The lowest BCUT2D eigenvalue weighted by Crippen LogP contribution is -2.40. The molecule has 0 fully saturated rings. The van der Waals surface area contributed by atoms with E-state index in [4.69, 9.17) is 21.7 Å². The number of hydrogen-bond donors (Lipinski definition) is 7. The van der Waals surface area contributed by atoms with E-state index in [-0.39, 0.29) is 18.8 Å². The Balaban J connectivity index is 1.57. The van der Waals surface area contributed by atoms with Crippen LogP contribution in [0, 0.1) is 0 Å². The molecule has 0 aliphatic heterocycles. The highest BCUT2D eigenvalue weighted by Crippen LogP contribution is 2.25. The van der Waals surface area contributed by atoms with E-state index in [1.54, 1.807) is 18.3 Å². The number of anilines is 3. The first-order valence-corrected chi connectivity index (χ1v) is 10.0. The molecule has 12 nitrogen and oxygen atoms in total. The van der Waals surface area contributed by atoms with Crippen LogP contribution in [0.5, 0.6) is 0 Å². The topological polar surface area (TPSA) is 209 Å². The van der Waals surface area contributed by atoms with Crippen LogP contribution >= 0.6 is 11.3 Å². The average Bonchev–Trinajstić information content (AvgIpc) is 3.32. The molecule has 0 radical (unpaired) electrons. The van der Waals surface area contributed by atoms with Crippen LogP contribution in [0.4, 0.5) is 16.8 Å². The van der Waals surface area contributed by atoms with E-state index in [2.05, 4.69) is 25.6 Å². The Labute approximate surface area is 179 Å². The first-order valence-electron chi connectivity index (χ1n) is 9.22. The molecule has 0 aromatic carbocycles. The van der Waals surface area contributed by atoms with Gasteiger partial charge in [-0.1, -0.05) is 0 Å². The Bertz CT molecular complexity index is 1130. The number of thiophene rings is 1. The second-order valence-electron chi connectivity index (χ2n) is 6.64. The van der Waals surface area contributed by atoms with Gasteiger partial charge in [-0.25, -0.2) is 4.79 Å². The maximum atomic E-state index is 12.3. The highest BCUT2D eigenvalue weighted by Gasteiger charge is 2.22. The number of carbonyl (C=O) groups is 3. The number of nitrogens with one attached hydrogen (secondary N) is 3. The second kappa shape index (κ2) is 9.30. The molecule has 164 valence electrons. The minimum absolute atomic E-state index is 0.0917. The molecule has 3 heterocycles. The summed E-state index contributed by atoms with van der Waals surface area (Å²) in [5, 5.41) is 24.8. The van der Waals surface area contributed by atoms with Gasteiger partial charge in [0.25, 0.3) is 5.91 Å². The smallest absolute Gasteiger partial charge is 0.326 e. The van der Waals surface area contributed by atoms with Gasteiger partial charge in [0.05, 0.1) is 15.3 Å². The molecule has 0 aliphatic rings. The highest BCUT2D eigenvalue weighted by molar-refractivity contribution is 7.17. The lowest BCUT2D eigenvalue weighted by atomic mass is 10.1. The predicted octanol–water partition coefficient (Wildman–Crippen LogP) is 0.886. The van der Waals surface area contributed by atoms with Crippen LogP contribution in [0.3, 0.4) is 0 Å². The summed E-state index contributed by atoms with van der Waals surface area (Å²) in [5.74, 6) is -2.60. The van der Waals surface area contributed by atoms with Crippen molar-refractivity contribution in [1.82, 2.24) is 20.3 Å². The van der Waals surface area contributed by atoms with Crippen LogP contribution in [0.1, 0.15) is 28.1 Å². The molecule has 9 N–H and O–H groups in total. The molecule has 0 saturated heterocycles. The van der Waals surface area contributed by atoms with E-state index in [0.717, 1.165) is 21.9 Å². The van der Waals surface area contributed by atoms with Crippen LogP contribution in [0.2, 0.25) is 0 Å². The second-order valence-corrected chi connectivity index (χ2v) is 7.73. The van der Waals surface area contributed by atoms with Gasteiger partial charge in [-0.3, -0.25) is 9.59 Å². The van der Waals surface area contributed by atoms with Crippen molar-refractivity contribution in [2.45, 2.75) is 25.3 Å². The minimum Gasteiger partial charge on any atom is -0.481 e. The zero-order valence-corrected chi connectivity index (χ0v) is 17.0. The summed E-state index contributed by atoms with van der Waals surface area (Å²) in [6, 6.07) is 2.00. The van der Waals surface area contributed by atoms with Crippen LogP contribution in [0.25, 0.3) is 11.0 Å². The quantitative estimate of drug-likeness (QED) is 0.233. The Morgan fingerprint density at radius 3 is 2.68 bits per heavy atom. The fourth-order valence-electron chi connectivity index (χ4n) is 2.97. The lowest BCUT2D eigenvalue weighted by molar-refractivity contribution is -0.140. The van der Waals surface area contributed by atoms with Crippen molar-refractivity contribution in [3.05, 3.63) is 28.8 Å². The van der Waals surface area contributed by atoms with Crippen molar-refractivity contribution in [2.75, 3.05) is 23.3 Å². The first-order chi connectivity index (χ1) is 14.7. The third-order valence-corrected chi connectivity index (χ3v) is 5.47. The van der Waals surface area contributed by atoms with Crippen molar-refractivity contribution in [1.29, 1.82) is 0 Å². The zero-order chi connectivity index (χ0) is 22.5. The van der Waals surface area contributed by atoms with E-state index in [0.29, 0.717) is 34.7 Å². The van der Waals surface area contributed by atoms with Gasteiger partial charge >= 0.3 is 11.9 Å². The summed E-state index contributed by atoms with van der Waals surface area (Å²) in [4.78, 5) is 45.6. The summed E-state index contributed by atoms with van der Waals surface area (Å²) in [6.45, 7) is 0.536. The Kier molecular flexibility index (Phi) is 6.55. The fourth-order valence-corrected chi connectivity index (χ4v) is 3.81. The van der Waals surface area contributed by atoms with Crippen molar-refractivity contribution in [2.24, 2.45) is 0 Å². The van der Waals surface area contributed by atoms with E-state index >= 15 is 0 Å². The molecular formula is C18H21N7O5S. The monoisotopic (exact) mass is 447 g/mol. The molecule has 0 saturated carbocycles. The number of aromatic nitrogens is 3. The number of carboxylic acids is 2. The molecular weight excluding hydrogens is 426 g/mol. The summed E-state index contributed by atoms with van der Waals surface area (Å²) >= 11 is 1.16. The molecule has 1 atom stereocenters. The third-order valence-electron chi connectivity index (χ3n) is 4.43. The van der Waals surface area contributed by atoms with Crippen molar-refractivity contribution >= 4 is 57.0 Å². The number of carbonyl (C=O) groups excluding carboxylic acids is 1. The number of nitrogens with zero attached hydrogens (tertiary/aromatic N) is 2. The Hall–Kier alpha value is -3.87. The van der Waals surface area contributed by atoms with Crippen LogP contribution in [0.15, 0.2) is 18.3 Å². The number of nitrogen functional groups attached to an aromatic ring is 2. The van der Waals surface area contributed by atoms with Gasteiger partial charge in [-0.2, -0.15) is 9.97 Å². The number of rotatable bonds is 10. The number of aromatic amines is 1. The molecule has 3 aromatic rings. The van der Waals surface area contributed by atoms with Gasteiger partial charge in [-0.15, -0.1) is 11.3 Å². The van der Waals surface area contributed by atoms with E-state index in [9.17, 15) is 14.4 Å². The SMILES string of the molecule is Nc1nc(N)c2c(CCNc3ccc(C(=O)N[C@@H](CCC(=O)O)C(=O)O)s3)c[nH]c2n1. The van der Waals surface area contributed by atoms with Gasteiger partial charge in [0, 0.05) is 19.2 Å². The predicted molar refractivity (Wildman–Crippen MR) is 115 cm³/mol. The van der Waals surface area contributed by atoms with Crippen molar-refractivity contribution in [3.8, 4) is 0 Å². The Morgan fingerprint density at radius 1 is 1.19 bits per heavy atom. The summed E-state index contributed by atoms with van der Waals surface area (Å²) < 4.78 is 0. The average molecular weight is 447 g/mol. The van der Waals surface area contributed by atoms with Gasteiger partial charge in [0.2, 0.25) is 5.95 Å². The molecule has 1 amide bonds. The molecule has 0 unspecified atom stereocenters. The number of nitrogens with two attached hydrogens (primary N) is 2. The standard InChI is InChI=1S/C18H21N7O5S/c19-14-13-8(7-22-15(13)25-18(20)24-14)5-6-21-11-3-2-10(31-11)16(28)23-9(17(29)30)1-4-12(26)27/h2-3,7,9,21H,1,4-6H2,(H,23,28)(H,26,27)(H,29,30)(H5,19,20,22,24,25)/t9-/m0/s1. The van der Waals surface area contributed by atoms with Crippen LogP contribution in [-0.2, 0) is 16.0 Å². The molecule has 0 spiro atoms. The number of hydrogen-bond acceptors (Lipinski definition) is 9. The zero-order valence-electron chi connectivity index (χ0n) is 16.2. The van der Waals surface area contributed by atoms with Crippen molar-refractivity contribution < 1.29 is 24.6 Å². The maximum Gasteiger partial charge on any atom is 0.326 e. The first kappa shape index (κ1) is 21.8. The van der Waals surface area contributed by atoms with Crippen LogP contribution in [-0.4, -0.2) is 55.6 Å². The van der Waals surface area contributed by atoms with E-state index < -0.39 is 23.9 Å². The van der Waals surface area contributed by atoms with Gasteiger partial charge in [0.1, 0.15) is 17.5 Å². The van der Waals surface area contributed by atoms with E-state index in [1.807, 2.05) is 0 Å². The normalized spacial score (nSPS) is 11.9. The molecule has 0 bridgehead atoms. The molecule has 3 rings (SSSR count). The van der Waals surface area contributed by atoms with E-state index in [1.165, 1.54) is 0 Å². The van der Waals surface area contributed by atoms with Crippen LogP contribution < -0.4 is 22.1 Å². The highest BCUT2D eigenvalue weighted by atomic mass is 32.1.